The van der Waals surface area contributed by atoms with Crippen LogP contribution in [0.5, 0.6) is 0 Å². The topological polar surface area (TPSA) is 0 Å². The number of hydrogen-bond acceptors (Lipinski definition) is 0. The Morgan fingerprint density at radius 1 is 0.769 bits per heavy atom. The van der Waals surface area contributed by atoms with Gasteiger partial charge in [0.25, 0.3) is 0 Å². The maximum absolute atomic E-state index is 6.53. The summed E-state index contributed by atoms with van der Waals surface area (Å²) in [4.78, 5) is 0. The van der Waals surface area contributed by atoms with Crippen LogP contribution in [0.3, 0.4) is 0 Å². The zero-order valence-corrected chi connectivity index (χ0v) is 19.8. The van der Waals surface area contributed by atoms with Crippen molar-refractivity contribution in [2.45, 2.75) is 67.3 Å². The van der Waals surface area contributed by atoms with Crippen LogP contribution >= 0.6 is 23.2 Å². The van der Waals surface area contributed by atoms with Crippen molar-refractivity contribution in [3.05, 3.63) is 33.8 Å². The second kappa shape index (κ2) is 12.5. The smallest absolute Gasteiger partial charge is 0.106 e. The average Bonchev–Trinajstić information content (AvgIpc) is 2.51. The van der Waals surface area contributed by atoms with Gasteiger partial charge in [-0.25, -0.2) is 0 Å². The standard InChI is InChI=1S/C22H38Cl2N.ClH/c1-17(2)9-12-25(13-10-18(3)4,14-11-19(5)6)16-20-7-8-21(23)15-22(20)24;/h7-8,15,17-19H,9-14,16H2,1-6H3;1H/q+1;/p-1. The highest BCUT2D eigenvalue weighted by atomic mass is 35.5. The summed E-state index contributed by atoms with van der Waals surface area (Å²) in [5, 5.41) is 1.53. The van der Waals surface area contributed by atoms with Crippen molar-refractivity contribution in [1.82, 2.24) is 0 Å². The van der Waals surface area contributed by atoms with E-state index in [0.717, 1.165) is 38.8 Å². The van der Waals surface area contributed by atoms with Crippen LogP contribution < -0.4 is 12.4 Å². The van der Waals surface area contributed by atoms with E-state index in [1.165, 1.54) is 44.5 Å². The van der Waals surface area contributed by atoms with Crippen molar-refractivity contribution < 1.29 is 16.9 Å². The molecule has 0 aromatic heterocycles. The number of nitrogens with zero attached hydrogens (tertiary/aromatic N) is 1. The van der Waals surface area contributed by atoms with Crippen molar-refractivity contribution >= 4 is 23.2 Å². The fourth-order valence-electron chi connectivity index (χ4n) is 3.18. The first kappa shape index (κ1) is 26.1. The molecule has 0 saturated heterocycles. The molecule has 1 aromatic rings. The summed E-state index contributed by atoms with van der Waals surface area (Å²) in [6.07, 6.45) is 3.80. The van der Waals surface area contributed by atoms with E-state index in [9.17, 15) is 0 Å². The molecule has 0 N–H and O–H groups in total. The summed E-state index contributed by atoms with van der Waals surface area (Å²) in [6.45, 7) is 18.7. The Labute approximate surface area is 178 Å². The van der Waals surface area contributed by atoms with E-state index in [0.29, 0.717) is 0 Å². The molecule has 1 nitrogen and oxygen atoms in total. The van der Waals surface area contributed by atoms with Crippen LogP contribution in [0.25, 0.3) is 0 Å². The largest absolute Gasteiger partial charge is 1.00 e. The molecular weight excluding hydrogens is 385 g/mol. The molecule has 26 heavy (non-hydrogen) atoms. The van der Waals surface area contributed by atoms with Gasteiger partial charge in [-0.1, -0.05) is 70.8 Å². The molecule has 152 valence electrons. The van der Waals surface area contributed by atoms with Gasteiger partial charge in [0.15, 0.2) is 0 Å². The molecule has 0 spiro atoms. The number of rotatable bonds is 11. The Bertz CT molecular complexity index is 481. The zero-order chi connectivity index (χ0) is 19.0. The van der Waals surface area contributed by atoms with Gasteiger partial charge in [-0.2, -0.15) is 0 Å². The van der Waals surface area contributed by atoms with Gasteiger partial charge in [0.05, 0.1) is 24.7 Å². The van der Waals surface area contributed by atoms with Gasteiger partial charge in [-0.3, -0.25) is 0 Å². The van der Waals surface area contributed by atoms with Crippen molar-refractivity contribution in [2.24, 2.45) is 17.8 Å². The molecule has 0 fully saturated rings. The molecule has 1 rings (SSSR count). The highest BCUT2D eigenvalue weighted by molar-refractivity contribution is 6.35. The minimum absolute atomic E-state index is 0. The first-order valence-electron chi connectivity index (χ1n) is 9.92. The maximum Gasteiger partial charge on any atom is 0.106 e. The summed E-state index contributed by atoms with van der Waals surface area (Å²) in [7, 11) is 0. The fourth-order valence-corrected chi connectivity index (χ4v) is 3.65. The van der Waals surface area contributed by atoms with E-state index < -0.39 is 0 Å². The molecule has 0 heterocycles. The lowest BCUT2D eigenvalue weighted by Gasteiger charge is -2.41. The van der Waals surface area contributed by atoms with Crippen molar-refractivity contribution in [3.8, 4) is 0 Å². The van der Waals surface area contributed by atoms with E-state index in [1.807, 2.05) is 12.1 Å². The third-order valence-electron chi connectivity index (χ3n) is 5.06. The number of benzene rings is 1. The monoisotopic (exact) mass is 421 g/mol. The molecule has 0 saturated carbocycles. The molecule has 0 unspecified atom stereocenters. The lowest BCUT2D eigenvalue weighted by Crippen LogP contribution is -3.00. The maximum atomic E-state index is 6.53. The molecule has 0 atom stereocenters. The van der Waals surface area contributed by atoms with Gasteiger partial charge in [0, 0.05) is 10.6 Å². The van der Waals surface area contributed by atoms with Gasteiger partial charge >= 0.3 is 0 Å². The quantitative estimate of drug-likeness (QED) is 0.462. The number of halogens is 3. The normalized spacial score (nSPS) is 12.1. The van der Waals surface area contributed by atoms with E-state index >= 15 is 0 Å². The third-order valence-corrected chi connectivity index (χ3v) is 5.65. The van der Waals surface area contributed by atoms with Crippen LogP contribution in [0.2, 0.25) is 10.0 Å². The van der Waals surface area contributed by atoms with Crippen molar-refractivity contribution in [1.29, 1.82) is 0 Å². The van der Waals surface area contributed by atoms with Gasteiger partial charge in [0.1, 0.15) is 6.54 Å². The van der Waals surface area contributed by atoms with Crippen molar-refractivity contribution in [3.63, 3.8) is 0 Å². The SMILES string of the molecule is CC(C)CC[N+](CCC(C)C)(CCC(C)C)Cc1ccc(Cl)cc1Cl.[Cl-]. The summed E-state index contributed by atoms with van der Waals surface area (Å²) in [5.41, 5.74) is 1.24. The Balaban J connectivity index is 0.00000625. The van der Waals surface area contributed by atoms with Crippen LogP contribution in [-0.2, 0) is 6.54 Å². The predicted molar refractivity (Wildman–Crippen MR) is 113 cm³/mol. The molecule has 0 bridgehead atoms. The molecule has 4 heteroatoms. The third kappa shape index (κ3) is 9.83. The molecule has 0 aliphatic heterocycles. The van der Waals surface area contributed by atoms with Gasteiger partial charge in [-0.15, -0.1) is 0 Å². The van der Waals surface area contributed by atoms with Gasteiger partial charge in [-0.05, 0) is 49.1 Å². The molecular formula is C22H38Cl3N. The van der Waals surface area contributed by atoms with E-state index in [-0.39, 0.29) is 12.4 Å². The highest BCUT2D eigenvalue weighted by Crippen LogP contribution is 2.28. The van der Waals surface area contributed by atoms with E-state index in [2.05, 4.69) is 47.6 Å². The van der Waals surface area contributed by atoms with Crippen LogP contribution in [0.4, 0.5) is 0 Å². The van der Waals surface area contributed by atoms with E-state index in [4.69, 9.17) is 23.2 Å². The zero-order valence-electron chi connectivity index (χ0n) is 17.5. The second-order valence-electron chi connectivity index (χ2n) is 8.95. The molecule has 0 radical (unpaired) electrons. The van der Waals surface area contributed by atoms with Gasteiger partial charge in [0.2, 0.25) is 0 Å². The average molecular weight is 423 g/mol. The first-order chi connectivity index (χ1) is 11.6. The van der Waals surface area contributed by atoms with Crippen molar-refractivity contribution in [2.75, 3.05) is 19.6 Å². The Hall–Kier alpha value is 0.0500. The molecule has 1 aromatic carbocycles. The molecule has 0 aliphatic rings. The van der Waals surface area contributed by atoms with Gasteiger partial charge < -0.3 is 16.9 Å². The Kier molecular flexibility index (Phi) is 12.5. The summed E-state index contributed by atoms with van der Waals surface area (Å²) in [6, 6.07) is 5.99. The molecule has 0 aliphatic carbocycles. The summed E-state index contributed by atoms with van der Waals surface area (Å²) < 4.78 is 1.15. The van der Waals surface area contributed by atoms with Crippen LogP contribution in [0.1, 0.15) is 66.4 Å². The number of quaternary nitrogens is 1. The predicted octanol–water partition coefficient (Wildman–Crippen LogP) is 4.45. The van der Waals surface area contributed by atoms with E-state index in [1.54, 1.807) is 0 Å². The number of hydrogen-bond donors (Lipinski definition) is 0. The molecule has 0 amide bonds. The lowest BCUT2D eigenvalue weighted by atomic mass is 10.0. The second-order valence-corrected chi connectivity index (χ2v) is 9.80. The highest BCUT2D eigenvalue weighted by Gasteiger charge is 2.29. The fraction of sp³-hybridized carbons (Fsp3) is 0.727. The van der Waals surface area contributed by atoms with Crippen LogP contribution in [0.15, 0.2) is 18.2 Å². The summed E-state index contributed by atoms with van der Waals surface area (Å²) in [5.74, 6) is 2.20. The van der Waals surface area contributed by atoms with Crippen LogP contribution in [-0.4, -0.2) is 24.1 Å². The summed E-state index contributed by atoms with van der Waals surface area (Å²) >= 11 is 12.6. The Morgan fingerprint density at radius 3 is 1.54 bits per heavy atom. The minimum Gasteiger partial charge on any atom is -1.00 e. The Morgan fingerprint density at radius 2 is 1.19 bits per heavy atom. The lowest BCUT2D eigenvalue weighted by molar-refractivity contribution is -0.942. The van der Waals surface area contributed by atoms with Crippen LogP contribution in [0, 0.1) is 17.8 Å². The minimum atomic E-state index is 0. The first-order valence-corrected chi connectivity index (χ1v) is 10.7.